The Balaban J connectivity index is 1.97. The van der Waals surface area contributed by atoms with E-state index in [0.717, 1.165) is 11.1 Å². The van der Waals surface area contributed by atoms with Crippen molar-refractivity contribution in [1.29, 1.82) is 0 Å². The van der Waals surface area contributed by atoms with Gasteiger partial charge in [0, 0.05) is 11.6 Å². The second kappa shape index (κ2) is 5.93. The summed E-state index contributed by atoms with van der Waals surface area (Å²) in [6, 6.07) is 17.3. The minimum atomic E-state index is -0.287. The van der Waals surface area contributed by atoms with Gasteiger partial charge in [0.25, 0.3) is 5.56 Å². The molecule has 2 aromatic carbocycles. The minimum Gasteiger partial charge on any atom is -0.292 e. The molecule has 3 aromatic rings. The summed E-state index contributed by atoms with van der Waals surface area (Å²) in [4.78, 5) is 16.9. The molecule has 0 N–H and O–H groups in total. The summed E-state index contributed by atoms with van der Waals surface area (Å²) < 4.78 is 14.5. The van der Waals surface area contributed by atoms with E-state index in [4.69, 9.17) is 0 Å². The van der Waals surface area contributed by atoms with E-state index in [2.05, 4.69) is 4.98 Å². The minimum absolute atomic E-state index is 0.115. The molecule has 0 aliphatic rings. The second-order valence-corrected chi connectivity index (χ2v) is 5.11. The van der Waals surface area contributed by atoms with Gasteiger partial charge in [-0.05, 0) is 24.6 Å². The Hall–Kier alpha value is -2.75. The molecule has 0 spiro atoms. The Kier molecular flexibility index (Phi) is 3.83. The van der Waals surface area contributed by atoms with E-state index in [-0.39, 0.29) is 11.4 Å². The maximum Gasteiger partial charge on any atom is 0.254 e. The molecular formula is C18H15FN2O. The third-order valence-electron chi connectivity index (χ3n) is 3.52. The number of aryl methyl sites for hydroxylation is 1. The van der Waals surface area contributed by atoms with Crippen molar-refractivity contribution in [3.63, 3.8) is 0 Å². The van der Waals surface area contributed by atoms with Gasteiger partial charge in [-0.1, -0.05) is 42.5 Å². The molecule has 0 saturated heterocycles. The summed E-state index contributed by atoms with van der Waals surface area (Å²) in [5.74, 6) is 0.348. The van der Waals surface area contributed by atoms with E-state index in [9.17, 15) is 9.18 Å². The van der Waals surface area contributed by atoms with Crippen molar-refractivity contribution < 1.29 is 4.39 Å². The molecule has 0 radical (unpaired) electrons. The fraction of sp³-hybridized carbons (Fsp3) is 0.111. The normalized spacial score (nSPS) is 10.6. The maximum atomic E-state index is 12.9. The molecule has 0 bridgehead atoms. The Labute approximate surface area is 127 Å². The molecule has 3 nitrogen and oxygen atoms in total. The average molecular weight is 294 g/mol. The first-order valence-electron chi connectivity index (χ1n) is 7.02. The largest absolute Gasteiger partial charge is 0.292 e. The zero-order chi connectivity index (χ0) is 15.5. The molecule has 110 valence electrons. The topological polar surface area (TPSA) is 34.9 Å². The van der Waals surface area contributed by atoms with Crippen molar-refractivity contribution in [1.82, 2.24) is 9.55 Å². The van der Waals surface area contributed by atoms with Crippen LogP contribution in [0.2, 0.25) is 0 Å². The lowest BCUT2D eigenvalue weighted by Crippen LogP contribution is -2.23. The van der Waals surface area contributed by atoms with E-state index in [1.807, 2.05) is 30.3 Å². The lowest BCUT2D eigenvalue weighted by Gasteiger charge is -2.11. The van der Waals surface area contributed by atoms with E-state index in [1.54, 1.807) is 23.6 Å². The van der Waals surface area contributed by atoms with Crippen LogP contribution < -0.4 is 5.56 Å². The quantitative estimate of drug-likeness (QED) is 0.742. The van der Waals surface area contributed by atoms with Gasteiger partial charge in [0.05, 0.1) is 12.2 Å². The van der Waals surface area contributed by atoms with Crippen LogP contribution in [0.1, 0.15) is 11.4 Å². The van der Waals surface area contributed by atoms with Crippen LogP contribution in [-0.4, -0.2) is 9.55 Å². The standard InChI is InChI=1S/C18H15FN2O/c1-13-20-17(15-5-3-2-4-6-15)11-18(22)21(13)12-14-7-9-16(19)10-8-14/h2-11H,12H2,1H3. The van der Waals surface area contributed by atoms with Crippen molar-refractivity contribution in [2.24, 2.45) is 0 Å². The summed E-state index contributed by atoms with van der Waals surface area (Å²) in [5.41, 5.74) is 2.33. The summed E-state index contributed by atoms with van der Waals surface area (Å²) in [5, 5.41) is 0. The van der Waals surface area contributed by atoms with E-state index >= 15 is 0 Å². The first-order valence-corrected chi connectivity index (χ1v) is 7.02. The van der Waals surface area contributed by atoms with Gasteiger partial charge in [-0.25, -0.2) is 9.37 Å². The highest BCUT2D eigenvalue weighted by molar-refractivity contribution is 5.58. The molecule has 1 aromatic heterocycles. The smallest absolute Gasteiger partial charge is 0.254 e. The highest BCUT2D eigenvalue weighted by atomic mass is 19.1. The second-order valence-electron chi connectivity index (χ2n) is 5.11. The molecule has 0 unspecified atom stereocenters. The number of rotatable bonds is 3. The zero-order valence-electron chi connectivity index (χ0n) is 12.2. The van der Waals surface area contributed by atoms with Gasteiger partial charge < -0.3 is 0 Å². The number of aromatic nitrogens is 2. The van der Waals surface area contributed by atoms with Gasteiger partial charge in [0.1, 0.15) is 11.6 Å². The molecule has 0 amide bonds. The summed E-state index contributed by atoms with van der Waals surface area (Å²) in [6.45, 7) is 2.18. The number of benzene rings is 2. The third-order valence-corrected chi connectivity index (χ3v) is 3.52. The summed E-state index contributed by atoms with van der Waals surface area (Å²) in [7, 11) is 0. The SMILES string of the molecule is Cc1nc(-c2ccccc2)cc(=O)n1Cc1ccc(F)cc1. The molecule has 0 aliphatic carbocycles. The van der Waals surface area contributed by atoms with E-state index in [0.29, 0.717) is 18.1 Å². The number of hydrogen-bond donors (Lipinski definition) is 0. The average Bonchev–Trinajstić information content (AvgIpc) is 2.53. The van der Waals surface area contributed by atoms with Crippen molar-refractivity contribution in [3.8, 4) is 11.3 Å². The number of nitrogens with zero attached hydrogens (tertiary/aromatic N) is 2. The summed E-state index contributed by atoms with van der Waals surface area (Å²) >= 11 is 0. The van der Waals surface area contributed by atoms with Gasteiger partial charge in [-0.3, -0.25) is 9.36 Å². The van der Waals surface area contributed by atoms with Crippen LogP contribution in [-0.2, 0) is 6.54 Å². The Morgan fingerprint density at radius 3 is 2.36 bits per heavy atom. The predicted molar refractivity (Wildman–Crippen MR) is 84.2 cm³/mol. The number of hydrogen-bond acceptors (Lipinski definition) is 2. The molecule has 0 aliphatic heterocycles. The Morgan fingerprint density at radius 1 is 1.05 bits per heavy atom. The third kappa shape index (κ3) is 2.96. The van der Waals surface area contributed by atoms with Crippen LogP contribution in [0, 0.1) is 12.7 Å². The van der Waals surface area contributed by atoms with Crippen molar-refractivity contribution in [2.75, 3.05) is 0 Å². The van der Waals surface area contributed by atoms with Crippen LogP contribution >= 0.6 is 0 Å². The predicted octanol–water partition coefficient (Wildman–Crippen LogP) is 3.41. The van der Waals surface area contributed by atoms with E-state index < -0.39 is 0 Å². The maximum absolute atomic E-state index is 12.9. The Morgan fingerprint density at radius 2 is 1.73 bits per heavy atom. The van der Waals surface area contributed by atoms with Crippen molar-refractivity contribution in [2.45, 2.75) is 13.5 Å². The number of halogens is 1. The molecule has 0 saturated carbocycles. The fourth-order valence-electron chi connectivity index (χ4n) is 2.34. The molecule has 4 heteroatoms. The highest BCUT2D eigenvalue weighted by Crippen LogP contribution is 2.15. The highest BCUT2D eigenvalue weighted by Gasteiger charge is 2.07. The molecule has 3 rings (SSSR count). The molecule has 0 atom stereocenters. The van der Waals surface area contributed by atoms with Gasteiger partial charge in [0.15, 0.2) is 0 Å². The van der Waals surface area contributed by atoms with Gasteiger partial charge >= 0.3 is 0 Å². The van der Waals surface area contributed by atoms with Crippen LogP contribution in [0.4, 0.5) is 4.39 Å². The van der Waals surface area contributed by atoms with Crippen LogP contribution in [0.5, 0.6) is 0 Å². The lowest BCUT2D eigenvalue weighted by atomic mass is 10.1. The van der Waals surface area contributed by atoms with Crippen LogP contribution in [0.3, 0.4) is 0 Å². The molecule has 1 heterocycles. The fourth-order valence-corrected chi connectivity index (χ4v) is 2.34. The van der Waals surface area contributed by atoms with Gasteiger partial charge in [-0.2, -0.15) is 0 Å². The first-order chi connectivity index (χ1) is 10.6. The summed E-state index contributed by atoms with van der Waals surface area (Å²) in [6.07, 6.45) is 0. The van der Waals surface area contributed by atoms with Gasteiger partial charge in [-0.15, -0.1) is 0 Å². The van der Waals surface area contributed by atoms with Gasteiger partial charge in [0.2, 0.25) is 0 Å². The molecule has 22 heavy (non-hydrogen) atoms. The van der Waals surface area contributed by atoms with Crippen LogP contribution in [0.15, 0.2) is 65.5 Å². The monoisotopic (exact) mass is 294 g/mol. The lowest BCUT2D eigenvalue weighted by molar-refractivity contribution is 0.625. The van der Waals surface area contributed by atoms with Crippen molar-refractivity contribution >= 4 is 0 Å². The first kappa shape index (κ1) is 14.2. The Bertz CT molecular complexity index is 839. The van der Waals surface area contributed by atoms with Crippen molar-refractivity contribution in [3.05, 3.63) is 88.2 Å². The zero-order valence-corrected chi connectivity index (χ0v) is 12.2. The molecular weight excluding hydrogens is 279 g/mol. The van der Waals surface area contributed by atoms with E-state index in [1.165, 1.54) is 18.2 Å². The molecule has 0 fully saturated rings. The van der Waals surface area contributed by atoms with Crippen LogP contribution in [0.25, 0.3) is 11.3 Å².